The summed E-state index contributed by atoms with van der Waals surface area (Å²) in [5.74, 6) is 1.87. The molecule has 0 aromatic heterocycles. The standard InChI is InChI=1S/C16H32N4O.HI/c1-6-17-15(20-11-7-13(2)8-12-20)19-10-9-18-14(21)16(3,4)5;/h13H,6-12H2,1-5H3,(H,17,19)(H,18,21);1H. The zero-order chi connectivity index (χ0) is 15.9. The van der Waals surface area contributed by atoms with Crippen LogP contribution in [-0.4, -0.2) is 49.5 Å². The van der Waals surface area contributed by atoms with Gasteiger partial charge in [-0.3, -0.25) is 9.79 Å². The number of nitrogens with zero attached hydrogens (tertiary/aromatic N) is 2. The molecule has 0 atom stereocenters. The number of hydrogen-bond acceptors (Lipinski definition) is 2. The van der Waals surface area contributed by atoms with Crippen LogP contribution in [-0.2, 0) is 4.79 Å². The van der Waals surface area contributed by atoms with E-state index in [-0.39, 0.29) is 35.3 Å². The number of amides is 1. The first kappa shape index (κ1) is 21.5. The van der Waals surface area contributed by atoms with Gasteiger partial charge in [0.15, 0.2) is 5.96 Å². The molecule has 130 valence electrons. The Morgan fingerprint density at radius 2 is 1.82 bits per heavy atom. The summed E-state index contributed by atoms with van der Waals surface area (Å²) in [7, 11) is 0. The number of piperidine rings is 1. The third kappa shape index (κ3) is 7.65. The van der Waals surface area contributed by atoms with Gasteiger partial charge in [-0.2, -0.15) is 0 Å². The first-order chi connectivity index (χ1) is 9.84. The third-order valence-corrected chi connectivity index (χ3v) is 3.76. The van der Waals surface area contributed by atoms with Gasteiger partial charge in [-0.25, -0.2) is 0 Å². The fourth-order valence-corrected chi connectivity index (χ4v) is 2.24. The molecule has 6 heteroatoms. The Hall–Kier alpha value is -0.530. The van der Waals surface area contributed by atoms with E-state index < -0.39 is 0 Å². The lowest BCUT2D eigenvalue weighted by atomic mass is 9.96. The Morgan fingerprint density at radius 1 is 1.23 bits per heavy atom. The van der Waals surface area contributed by atoms with Crippen LogP contribution in [0.3, 0.4) is 0 Å². The molecule has 22 heavy (non-hydrogen) atoms. The SMILES string of the molecule is CCNC(=NCCNC(=O)C(C)(C)C)N1CCC(C)CC1.I. The van der Waals surface area contributed by atoms with Crippen LogP contribution < -0.4 is 10.6 Å². The minimum absolute atomic E-state index is 0. The molecule has 0 unspecified atom stereocenters. The van der Waals surface area contributed by atoms with Crippen molar-refractivity contribution in [2.45, 2.75) is 47.5 Å². The Labute approximate surface area is 152 Å². The Bertz CT molecular complexity index is 358. The van der Waals surface area contributed by atoms with Crippen molar-refractivity contribution in [2.75, 3.05) is 32.7 Å². The molecule has 0 bridgehead atoms. The topological polar surface area (TPSA) is 56.7 Å². The molecule has 0 aromatic carbocycles. The summed E-state index contributed by atoms with van der Waals surface area (Å²) in [6.45, 7) is 14.4. The molecule has 1 fully saturated rings. The fourth-order valence-electron chi connectivity index (χ4n) is 2.24. The molecule has 1 heterocycles. The van der Waals surface area contributed by atoms with Crippen molar-refractivity contribution in [1.82, 2.24) is 15.5 Å². The Morgan fingerprint density at radius 3 is 2.32 bits per heavy atom. The van der Waals surface area contributed by atoms with Gasteiger partial charge in [0.2, 0.25) is 5.91 Å². The van der Waals surface area contributed by atoms with Crippen molar-refractivity contribution in [2.24, 2.45) is 16.3 Å². The number of carbonyl (C=O) groups is 1. The summed E-state index contributed by atoms with van der Waals surface area (Å²) >= 11 is 0. The van der Waals surface area contributed by atoms with Gasteiger partial charge in [0.1, 0.15) is 0 Å². The van der Waals surface area contributed by atoms with Crippen LogP contribution in [0.15, 0.2) is 4.99 Å². The van der Waals surface area contributed by atoms with Crippen molar-refractivity contribution >= 4 is 35.8 Å². The molecule has 5 nitrogen and oxygen atoms in total. The van der Waals surface area contributed by atoms with Gasteiger partial charge >= 0.3 is 0 Å². The molecular formula is C16H33IN4O. The number of hydrogen-bond donors (Lipinski definition) is 2. The van der Waals surface area contributed by atoms with Crippen molar-refractivity contribution in [1.29, 1.82) is 0 Å². The maximum atomic E-state index is 11.8. The van der Waals surface area contributed by atoms with Crippen molar-refractivity contribution in [3.8, 4) is 0 Å². The minimum Gasteiger partial charge on any atom is -0.357 e. The summed E-state index contributed by atoms with van der Waals surface area (Å²) < 4.78 is 0. The zero-order valence-electron chi connectivity index (χ0n) is 14.7. The first-order valence-electron chi connectivity index (χ1n) is 8.16. The molecule has 0 spiro atoms. The summed E-state index contributed by atoms with van der Waals surface area (Å²) in [4.78, 5) is 18.7. The molecule has 2 N–H and O–H groups in total. The number of rotatable bonds is 4. The molecule has 0 aliphatic carbocycles. The predicted molar refractivity (Wildman–Crippen MR) is 104 cm³/mol. The average Bonchev–Trinajstić information content (AvgIpc) is 2.42. The maximum Gasteiger partial charge on any atom is 0.225 e. The second-order valence-corrected chi connectivity index (χ2v) is 6.91. The van der Waals surface area contributed by atoms with E-state index in [0.717, 1.165) is 31.5 Å². The van der Waals surface area contributed by atoms with E-state index in [2.05, 4.69) is 34.4 Å². The average molecular weight is 424 g/mol. The predicted octanol–water partition coefficient (Wildman–Crippen LogP) is 2.46. The Balaban J connectivity index is 0.00000441. The Kier molecular flexibility index (Phi) is 10.0. The molecule has 1 saturated heterocycles. The van der Waals surface area contributed by atoms with Crippen LogP contribution in [0.1, 0.15) is 47.5 Å². The fraction of sp³-hybridized carbons (Fsp3) is 0.875. The minimum atomic E-state index is -0.336. The van der Waals surface area contributed by atoms with Crippen molar-refractivity contribution in [3.63, 3.8) is 0 Å². The van der Waals surface area contributed by atoms with Crippen LogP contribution in [0.25, 0.3) is 0 Å². The lowest BCUT2D eigenvalue weighted by Crippen LogP contribution is -2.45. The van der Waals surface area contributed by atoms with Crippen molar-refractivity contribution in [3.05, 3.63) is 0 Å². The van der Waals surface area contributed by atoms with Gasteiger partial charge in [-0.05, 0) is 25.7 Å². The number of guanidine groups is 1. The number of halogens is 1. The van der Waals surface area contributed by atoms with Gasteiger partial charge in [-0.15, -0.1) is 24.0 Å². The van der Waals surface area contributed by atoms with Gasteiger partial charge in [0.25, 0.3) is 0 Å². The molecule has 1 amide bonds. The second-order valence-electron chi connectivity index (χ2n) is 6.91. The molecule has 1 aliphatic heterocycles. The van der Waals surface area contributed by atoms with Crippen LogP contribution in [0.5, 0.6) is 0 Å². The van der Waals surface area contributed by atoms with E-state index in [4.69, 9.17) is 0 Å². The van der Waals surface area contributed by atoms with E-state index >= 15 is 0 Å². The number of nitrogens with one attached hydrogen (secondary N) is 2. The highest BCUT2D eigenvalue weighted by Gasteiger charge is 2.20. The highest BCUT2D eigenvalue weighted by atomic mass is 127. The summed E-state index contributed by atoms with van der Waals surface area (Å²) in [6.07, 6.45) is 2.45. The molecule has 1 rings (SSSR count). The molecule has 0 radical (unpaired) electrons. The van der Waals surface area contributed by atoms with Crippen LogP contribution in [0, 0.1) is 11.3 Å². The van der Waals surface area contributed by atoms with Gasteiger partial charge in [-0.1, -0.05) is 27.7 Å². The highest BCUT2D eigenvalue weighted by molar-refractivity contribution is 14.0. The first-order valence-corrected chi connectivity index (χ1v) is 8.16. The van der Waals surface area contributed by atoms with Crippen LogP contribution >= 0.6 is 24.0 Å². The molecular weight excluding hydrogens is 391 g/mol. The molecule has 1 aliphatic rings. The van der Waals surface area contributed by atoms with E-state index in [1.165, 1.54) is 12.8 Å². The lowest BCUT2D eigenvalue weighted by molar-refractivity contribution is -0.128. The quantitative estimate of drug-likeness (QED) is 0.316. The summed E-state index contributed by atoms with van der Waals surface area (Å²) in [5.41, 5.74) is -0.336. The third-order valence-electron chi connectivity index (χ3n) is 3.76. The number of likely N-dealkylation sites (tertiary alicyclic amines) is 1. The highest BCUT2D eigenvalue weighted by Crippen LogP contribution is 2.16. The van der Waals surface area contributed by atoms with Crippen LogP contribution in [0.4, 0.5) is 0 Å². The monoisotopic (exact) mass is 424 g/mol. The number of aliphatic imine (C=N–C) groups is 1. The molecule has 0 saturated carbocycles. The summed E-state index contributed by atoms with van der Waals surface area (Å²) in [6, 6.07) is 0. The van der Waals surface area contributed by atoms with E-state index in [0.29, 0.717) is 13.1 Å². The maximum absolute atomic E-state index is 11.8. The zero-order valence-corrected chi connectivity index (χ0v) is 17.1. The van der Waals surface area contributed by atoms with Gasteiger partial charge in [0.05, 0.1) is 6.54 Å². The van der Waals surface area contributed by atoms with Crippen LogP contribution in [0.2, 0.25) is 0 Å². The van der Waals surface area contributed by atoms with Gasteiger partial charge in [0, 0.05) is 31.6 Å². The van der Waals surface area contributed by atoms with E-state index in [1.807, 2.05) is 20.8 Å². The smallest absolute Gasteiger partial charge is 0.225 e. The normalized spacial score (nSPS) is 17.0. The van der Waals surface area contributed by atoms with Gasteiger partial charge < -0.3 is 15.5 Å². The summed E-state index contributed by atoms with van der Waals surface area (Å²) in [5, 5.41) is 6.29. The molecule has 0 aromatic rings. The second kappa shape index (κ2) is 10.3. The number of carbonyl (C=O) groups excluding carboxylic acids is 1. The van der Waals surface area contributed by atoms with E-state index in [1.54, 1.807) is 0 Å². The van der Waals surface area contributed by atoms with Crippen molar-refractivity contribution < 1.29 is 4.79 Å². The largest absolute Gasteiger partial charge is 0.357 e. The lowest BCUT2D eigenvalue weighted by Gasteiger charge is -2.33. The van der Waals surface area contributed by atoms with E-state index in [9.17, 15) is 4.79 Å².